The molecule has 12 heteroatoms. The van der Waals surface area contributed by atoms with Crippen LogP contribution in [0.4, 0.5) is 21.1 Å². The highest BCUT2D eigenvalue weighted by Gasteiger charge is 2.54. The lowest BCUT2D eigenvalue weighted by molar-refractivity contribution is -0.131. The molecule has 4 atom stereocenters. The second-order valence-corrected chi connectivity index (χ2v) is 17.8. The second-order valence-electron chi connectivity index (χ2n) is 16.5. The van der Waals surface area contributed by atoms with Gasteiger partial charge in [0.25, 0.3) is 0 Å². The lowest BCUT2D eigenvalue weighted by Gasteiger charge is -2.41. The number of urea groups is 2. The first kappa shape index (κ1) is 40.0. The molecular weight excluding hydrogens is 663 g/mol. The van der Waals surface area contributed by atoms with Crippen molar-refractivity contribution in [2.24, 2.45) is 16.7 Å². The minimum atomic E-state index is -0.623. The largest absolute Gasteiger partial charge is 0.327 e. The maximum atomic E-state index is 14.3. The van der Waals surface area contributed by atoms with Gasteiger partial charge in [-0.25, -0.2) is 14.6 Å². The maximum absolute atomic E-state index is 14.3. The quantitative estimate of drug-likeness (QED) is 0.251. The Morgan fingerprint density at radius 2 is 1.41 bits per heavy atom. The predicted octanol–water partition coefficient (Wildman–Crippen LogP) is 6.77. The summed E-state index contributed by atoms with van der Waals surface area (Å²) in [4.78, 5) is 70.8. The molecule has 0 bridgehead atoms. The number of carbonyl (C=O) groups is 4. The van der Waals surface area contributed by atoms with Gasteiger partial charge in [0.2, 0.25) is 11.8 Å². The fraction of sp³-hybridized carbons (Fsp3) is 0.615. The highest BCUT2D eigenvalue weighted by molar-refractivity contribution is 7.99. The Morgan fingerprint density at radius 1 is 0.824 bits per heavy atom. The van der Waals surface area contributed by atoms with Crippen LogP contribution >= 0.6 is 11.8 Å². The molecule has 4 rings (SSSR count). The average molecular weight is 722 g/mol. The highest BCUT2D eigenvalue weighted by Crippen LogP contribution is 2.39. The van der Waals surface area contributed by atoms with Crippen molar-refractivity contribution in [3.63, 3.8) is 0 Å². The SMILES string of the molecule is Cc1ccc(N(C)C(=O)N2C(CC(C)C)C(=O)N(CCSCCC3C(=O)N(C)C(C(C)(C)C)N3C(=O)N(C)c3ccccn3)C2C(C)(C)C)cc1. The first-order valence-corrected chi connectivity index (χ1v) is 19.2. The molecule has 1 aromatic heterocycles. The molecule has 2 saturated heterocycles. The van der Waals surface area contributed by atoms with Crippen LogP contribution < -0.4 is 9.80 Å². The molecule has 6 amide bonds. The topological polar surface area (TPSA) is 101 Å². The summed E-state index contributed by atoms with van der Waals surface area (Å²) < 4.78 is 0. The van der Waals surface area contributed by atoms with E-state index >= 15 is 0 Å². The minimum Gasteiger partial charge on any atom is -0.323 e. The third-order valence-electron chi connectivity index (χ3n) is 9.75. The third-order valence-corrected chi connectivity index (χ3v) is 10.7. The number of thioether (sulfide) groups is 1. The fourth-order valence-electron chi connectivity index (χ4n) is 7.43. The molecule has 51 heavy (non-hydrogen) atoms. The summed E-state index contributed by atoms with van der Waals surface area (Å²) in [5.74, 6) is 1.88. The summed E-state index contributed by atoms with van der Waals surface area (Å²) in [6.07, 6.45) is 1.84. The Hall–Kier alpha value is -3.80. The van der Waals surface area contributed by atoms with Crippen LogP contribution in [0.2, 0.25) is 0 Å². The van der Waals surface area contributed by atoms with E-state index in [0.717, 1.165) is 11.3 Å². The highest BCUT2D eigenvalue weighted by atomic mass is 32.2. The smallest absolute Gasteiger partial charge is 0.323 e. The standard InChI is InChI=1S/C39H59N7O4S/c1-26(2)25-30-33(48)44(35(39(7,8)9)46(30)36(49)41(10)28-18-16-27(3)17-19-28)22-24-51-23-20-29-32(47)43(12)34(38(4,5)6)45(29)37(50)42(11)31-15-13-14-21-40-31/h13-19,21,26,29-30,34-35H,20,22-25H2,1-12H3. The first-order chi connectivity index (χ1) is 23.8. The van der Waals surface area contributed by atoms with Gasteiger partial charge >= 0.3 is 12.1 Å². The number of rotatable bonds is 10. The third kappa shape index (κ3) is 8.64. The zero-order valence-electron chi connectivity index (χ0n) is 32.7. The van der Waals surface area contributed by atoms with Crippen molar-refractivity contribution in [3.05, 3.63) is 54.2 Å². The van der Waals surface area contributed by atoms with Crippen LogP contribution in [-0.4, -0.2) is 112 Å². The van der Waals surface area contributed by atoms with Gasteiger partial charge in [0.15, 0.2) is 0 Å². The molecular formula is C39H59N7O4S. The summed E-state index contributed by atoms with van der Waals surface area (Å²) in [5, 5.41) is 0. The van der Waals surface area contributed by atoms with Crippen LogP contribution in [0.25, 0.3) is 0 Å². The van der Waals surface area contributed by atoms with Crippen molar-refractivity contribution >= 4 is 47.1 Å². The van der Waals surface area contributed by atoms with Crippen LogP contribution in [0.15, 0.2) is 48.7 Å². The van der Waals surface area contributed by atoms with Crippen LogP contribution in [-0.2, 0) is 9.59 Å². The summed E-state index contributed by atoms with van der Waals surface area (Å²) in [6.45, 7) is 19.0. The monoisotopic (exact) mass is 721 g/mol. The minimum absolute atomic E-state index is 0.0233. The molecule has 0 spiro atoms. The number of hydrogen-bond acceptors (Lipinski definition) is 6. The van der Waals surface area contributed by atoms with Crippen molar-refractivity contribution in [3.8, 4) is 0 Å². The second kappa shape index (κ2) is 15.8. The van der Waals surface area contributed by atoms with Gasteiger partial charge in [0.05, 0.1) is 0 Å². The number of anilines is 2. The molecule has 2 fully saturated rings. The number of benzene rings is 1. The lowest BCUT2D eigenvalue weighted by Crippen LogP contribution is -2.55. The van der Waals surface area contributed by atoms with Gasteiger partial charge in [-0.15, -0.1) is 0 Å². The predicted molar refractivity (Wildman–Crippen MR) is 207 cm³/mol. The van der Waals surface area contributed by atoms with E-state index in [2.05, 4.69) is 39.6 Å². The van der Waals surface area contributed by atoms with Crippen molar-refractivity contribution in [2.75, 3.05) is 49.0 Å². The van der Waals surface area contributed by atoms with Gasteiger partial charge in [-0.1, -0.05) is 79.2 Å². The number of likely N-dealkylation sites (N-methyl/N-ethyl adjacent to an activating group) is 1. The number of aromatic nitrogens is 1. The zero-order chi connectivity index (χ0) is 38.0. The van der Waals surface area contributed by atoms with E-state index in [4.69, 9.17) is 0 Å². The molecule has 3 heterocycles. The Kier molecular flexibility index (Phi) is 12.4. The van der Waals surface area contributed by atoms with Gasteiger partial charge in [0.1, 0.15) is 30.2 Å². The van der Waals surface area contributed by atoms with Crippen LogP contribution in [0.1, 0.15) is 73.8 Å². The lowest BCUT2D eigenvalue weighted by atomic mass is 9.90. The van der Waals surface area contributed by atoms with Gasteiger partial charge < -0.3 is 9.80 Å². The molecule has 1 aromatic carbocycles. The summed E-state index contributed by atoms with van der Waals surface area (Å²) in [6, 6.07) is 11.6. The zero-order valence-corrected chi connectivity index (χ0v) is 33.5. The van der Waals surface area contributed by atoms with Crippen molar-refractivity contribution < 1.29 is 19.2 Å². The van der Waals surface area contributed by atoms with E-state index in [1.54, 1.807) is 65.9 Å². The Bertz CT molecular complexity index is 1540. The molecule has 0 N–H and O–H groups in total. The number of pyridine rings is 1. The Balaban J connectivity index is 1.50. The van der Waals surface area contributed by atoms with E-state index in [1.165, 1.54) is 4.90 Å². The number of hydrogen-bond donors (Lipinski definition) is 0. The van der Waals surface area contributed by atoms with Gasteiger partial charge in [-0.3, -0.25) is 29.2 Å². The Labute approximate surface area is 309 Å². The normalized spacial score (nSPS) is 21.3. The molecule has 0 saturated carbocycles. The number of nitrogens with zero attached hydrogens (tertiary/aromatic N) is 7. The maximum Gasteiger partial charge on any atom is 0.327 e. The molecule has 2 aliphatic rings. The molecule has 0 aliphatic carbocycles. The number of carbonyl (C=O) groups excluding carboxylic acids is 4. The van der Waals surface area contributed by atoms with Gasteiger partial charge in [-0.2, -0.15) is 11.8 Å². The summed E-state index contributed by atoms with van der Waals surface area (Å²) >= 11 is 1.66. The van der Waals surface area contributed by atoms with Crippen LogP contribution in [0.3, 0.4) is 0 Å². The van der Waals surface area contributed by atoms with Crippen molar-refractivity contribution in [1.29, 1.82) is 0 Å². The fourth-order valence-corrected chi connectivity index (χ4v) is 8.35. The number of aryl methyl sites for hydroxylation is 1. The van der Waals surface area contributed by atoms with Gasteiger partial charge in [0, 0.05) is 56.2 Å². The molecule has 4 unspecified atom stereocenters. The molecule has 11 nitrogen and oxygen atoms in total. The molecule has 2 aromatic rings. The van der Waals surface area contributed by atoms with Crippen molar-refractivity contribution in [1.82, 2.24) is 24.6 Å². The first-order valence-electron chi connectivity index (χ1n) is 18.0. The summed E-state index contributed by atoms with van der Waals surface area (Å²) in [5.41, 5.74) is 1.11. The van der Waals surface area contributed by atoms with Crippen molar-refractivity contribution in [2.45, 2.75) is 99.6 Å². The number of amides is 6. The van der Waals surface area contributed by atoms with Crippen LogP contribution in [0.5, 0.6) is 0 Å². The average Bonchev–Trinajstić information content (AvgIpc) is 3.48. The van der Waals surface area contributed by atoms with Crippen LogP contribution in [0, 0.1) is 23.7 Å². The molecule has 280 valence electrons. The Morgan fingerprint density at radius 3 is 1.96 bits per heavy atom. The van der Waals surface area contributed by atoms with E-state index in [0.29, 0.717) is 36.7 Å². The van der Waals surface area contributed by atoms with E-state index in [-0.39, 0.29) is 35.2 Å². The van der Waals surface area contributed by atoms with Gasteiger partial charge in [-0.05, 0) is 55.7 Å². The van der Waals surface area contributed by atoms with E-state index in [9.17, 15) is 19.2 Å². The van der Waals surface area contributed by atoms with E-state index in [1.807, 2.05) is 67.8 Å². The summed E-state index contributed by atoms with van der Waals surface area (Å²) in [7, 11) is 5.24. The molecule has 0 radical (unpaired) electrons. The molecule has 2 aliphatic heterocycles. The van der Waals surface area contributed by atoms with E-state index < -0.39 is 29.8 Å².